The number of aromatic nitrogens is 2. The average molecular weight is 325 g/mol. The van der Waals surface area contributed by atoms with Crippen molar-refractivity contribution in [1.82, 2.24) is 15.1 Å². The molecular formula is C15H21ClN4O2. The first-order valence-electron chi connectivity index (χ1n) is 7.59. The predicted molar refractivity (Wildman–Crippen MR) is 83.7 cm³/mol. The Morgan fingerprint density at radius 3 is 2.41 bits per heavy atom. The molecule has 1 amide bonds. The van der Waals surface area contributed by atoms with Crippen molar-refractivity contribution in [2.45, 2.75) is 57.0 Å². The first-order chi connectivity index (χ1) is 10.3. The Morgan fingerprint density at radius 1 is 1.23 bits per heavy atom. The van der Waals surface area contributed by atoms with E-state index < -0.39 is 0 Å². The largest absolute Gasteiger partial charge is 0.435 e. The molecule has 0 spiro atoms. The van der Waals surface area contributed by atoms with Crippen LogP contribution in [0.2, 0.25) is 5.15 Å². The molecule has 6 nitrogen and oxygen atoms in total. The number of anilines is 1. The number of carbonyl (C=O) groups excluding carboxylic acids is 1. The lowest BCUT2D eigenvalue weighted by Crippen LogP contribution is -2.58. The Balaban J connectivity index is 1.75. The van der Waals surface area contributed by atoms with Crippen LogP contribution in [0.4, 0.5) is 10.6 Å². The zero-order valence-corrected chi connectivity index (χ0v) is 13.9. The maximum Gasteiger partial charge on any atom is 0.435 e. The number of hydroxylamine groups is 1. The molecular weight excluding hydrogens is 304 g/mol. The number of piperidine rings is 1. The van der Waals surface area contributed by atoms with E-state index in [1.165, 1.54) is 5.06 Å². The number of halogens is 1. The highest BCUT2D eigenvalue weighted by atomic mass is 35.5. The molecule has 7 heteroatoms. The summed E-state index contributed by atoms with van der Waals surface area (Å²) >= 11 is 5.72. The van der Waals surface area contributed by atoms with Gasteiger partial charge in [0.2, 0.25) is 0 Å². The topological polar surface area (TPSA) is 58.6 Å². The molecule has 3 heterocycles. The monoisotopic (exact) mass is 324 g/mol. The van der Waals surface area contributed by atoms with Gasteiger partial charge in [-0.05, 0) is 58.1 Å². The van der Waals surface area contributed by atoms with Crippen molar-refractivity contribution in [3.63, 3.8) is 0 Å². The van der Waals surface area contributed by atoms with Gasteiger partial charge in [0.05, 0.1) is 0 Å². The van der Waals surface area contributed by atoms with E-state index >= 15 is 0 Å². The Hall–Kier alpha value is -1.56. The standard InChI is InChI=1S/C15H21ClN4O2/c1-14-7-4-8-15(2,10-9-14)20(14)13(21)22-19(3)12-6-5-11(16)17-18-12/h5-6H,4,7-10H2,1-3H3. The van der Waals surface area contributed by atoms with E-state index in [0.29, 0.717) is 11.0 Å². The molecule has 0 N–H and O–H groups in total. The third kappa shape index (κ3) is 2.49. The van der Waals surface area contributed by atoms with Crippen molar-refractivity contribution in [2.24, 2.45) is 0 Å². The smallest absolute Gasteiger partial charge is 0.320 e. The van der Waals surface area contributed by atoms with Crippen LogP contribution in [0.3, 0.4) is 0 Å². The van der Waals surface area contributed by atoms with Crippen LogP contribution in [0.15, 0.2) is 12.1 Å². The van der Waals surface area contributed by atoms with Gasteiger partial charge in [-0.25, -0.2) is 4.79 Å². The molecule has 1 aromatic heterocycles. The zero-order valence-electron chi connectivity index (χ0n) is 13.2. The fourth-order valence-electron chi connectivity index (χ4n) is 3.86. The predicted octanol–water partition coefficient (Wildman–Crippen LogP) is 3.41. The number of hydrogen-bond acceptors (Lipinski definition) is 5. The molecule has 2 fully saturated rings. The van der Waals surface area contributed by atoms with Crippen molar-refractivity contribution in [1.29, 1.82) is 0 Å². The summed E-state index contributed by atoms with van der Waals surface area (Å²) in [6.45, 7) is 4.31. The summed E-state index contributed by atoms with van der Waals surface area (Å²) in [7, 11) is 1.65. The molecule has 2 aliphatic rings. The van der Waals surface area contributed by atoms with Crippen molar-refractivity contribution in [3.05, 3.63) is 17.3 Å². The van der Waals surface area contributed by atoms with Gasteiger partial charge < -0.3 is 4.84 Å². The van der Waals surface area contributed by atoms with Crippen LogP contribution in [0.1, 0.15) is 46.0 Å². The zero-order chi connectivity index (χ0) is 16.0. The van der Waals surface area contributed by atoms with Crippen LogP contribution >= 0.6 is 11.6 Å². The Bertz CT molecular complexity index is 563. The van der Waals surface area contributed by atoms with Crippen molar-refractivity contribution < 1.29 is 9.63 Å². The van der Waals surface area contributed by atoms with E-state index in [1.54, 1.807) is 19.2 Å². The maximum atomic E-state index is 12.7. The Kier molecular flexibility index (Phi) is 3.67. The molecule has 22 heavy (non-hydrogen) atoms. The van der Waals surface area contributed by atoms with Gasteiger partial charge >= 0.3 is 6.09 Å². The normalized spacial score (nSPS) is 30.3. The van der Waals surface area contributed by atoms with Crippen molar-refractivity contribution >= 4 is 23.5 Å². The second kappa shape index (κ2) is 5.26. The molecule has 0 saturated carbocycles. The highest BCUT2D eigenvalue weighted by molar-refractivity contribution is 6.29. The number of hydrogen-bond donors (Lipinski definition) is 0. The van der Waals surface area contributed by atoms with Crippen LogP contribution in [0.5, 0.6) is 0 Å². The summed E-state index contributed by atoms with van der Waals surface area (Å²) < 4.78 is 0. The molecule has 3 rings (SSSR count). The number of amides is 1. The van der Waals surface area contributed by atoms with E-state index in [1.807, 2.05) is 4.90 Å². The fraction of sp³-hybridized carbons (Fsp3) is 0.667. The molecule has 0 radical (unpaired) electrons. The van der Waals surface area contributed by atoms with Gasteiger partial charge in [0.25, 0.3) is 0 Å². The molecule has 2 atom stereocenters. The van der Waals surface area contributed by atoms with Crippen molar-refractivity contribution in [3.8, 4) is 0 Å². The van der Waals surface area contributed by atoms with Gasteiger partial charge in [-0.15, -0.1) is 10.2 Å². The summed E-state index contributed by atoms with van der Waals surface area (Å²) in [6.07, 6.45) is 4.97. The van der Waals surface area contributed by atoms with E-state index in [-0.39, 0.29) is 17.2 Å². The van der Waals surface area contributed by atoms with Gasteiger partial charge in [0.1, 0.15) is 0 Å². The van der Waals surface area contributed by atoms with Crippen LogP contribution < -0.4 is 5.06 Å². The second-order valence-corrected chi connectivity index (χ2v) is 7.14. The van der Waals surface area contributed by atoms with E-state index in [9.17, 15) is 4.79 Å². The molecule has 2 saturated heterocycles. The van der Waals surface area contributed by atoms with Gasteiger partial charge in [-0.3, -0.25) is 4.90 Å². The summed E-state index contributed by atoms with van der Waals surface area (Å²) in [6, 6.07) is 3.28. The molecule has 2 unspecified atom stereocenters. The minimum absolute atomic E-state index is 0.101. The van der Waals surface area contributed by atoms with Crippen molar-refractivity contribution in [2.75, 3.05) is 12.1 Å². The third-order valence-corrected chi connectivity index (χ3v) is 5.25. The summed E-state index contributed by atoms with van der Waals surface area (Å²) in [4.78, 5) is 20.1. The molecule has 0 aliphatic carbocycles. The molecule has 1 aromatic rings. The van der Waals surface area contributed by atoms with Crippen LogP contribution in [0.25, 0.3) is 0 Å². The lowest BCUT2D eigenvalue weighted by molar-refractivity contribution is 0.00117. The Labute approximate surface area is 135 Å². The number of nitrogens with zero attached hydrogens (tertiary/aromatic N) is 4. The third-order valence-electron chi connectivity index (χ3n) is 5.05. The molecule has 120 valence electrons. The fourth-order valence-corrected chi connectivity index (χ4v) is 3.96. The first-order valence-corrected chi connectivity index (χ1v) is 7.97. The maximum absolute atomic E-state index is 12.7. The van der Waals surface area contributed by atoms with Gasteiger partial charge in [-0.2, -0.15) is 5.06 Å². The van der Waals surface area contributed by atoms with E-state index in [2.05, 4.69) is 24.0 Å². The highest BCUT2D eigenvalue weighted by Gasteiger charge is 2.55. The molecule has 2 aliphatic heterocycles. The van der Waals surface area contributed by atoms with Gasteiger partial charge in [0.15, 0.2) is 11.0 Å². The van der Waals surface area contributed by atoms with E-state index in [4.69, 9.17) is 16.4 Å². The number of carbonyl (C=O) groups is 1. The molecule has 0 aromatic carbocycles. The Morgan fingerprint density at radius 2 is 1.86 bits per heavy atom. The quantitative estimate of drug-likeness (QED) is 0.780. The van der Waals surface area contributed by atoms with Gasteiger partial charge in [0, 0.05) is 18.1 Å². The summed E-state index contributed by atoms with van der Waals surface area (Å²) in [5.74, 6) is 0.442. The minimum atomic E-state index is -0.318. The lowest BCUT2D eigenvalue weighted by atomic mass is 9.86. The molecule has 2 bridgehead atoms. The first kappa shape index (κ1) is 15.3. The van der Waals surface area contributed by atoms with E-state index in [0.717, 1.165) is 32.1 Å². The van der Waals surface area contributed by atoms with Crippen LogP contribution in [-0.2, 0) is 4.84 Å². The lowest BCUT2D eigenvalue weighted by Gasteiger charge is -2.47. The minimum Gasteiger partial charge on any atom is -0.320 e. The van der Waals surface area contributed by atoms with Gasteiger partial charge in [-0.1, -0.05) is 11.6 Å². The number of fused-ring (bicyclic) bond motifs is 2. The highest BCUT2D eigenvalue weighted by Crippen LogP contribution is 2.50. The second-order valence-electron chi connectivity index (χ2n) is 6.75. The average Bonchev–Trinajstić information content (AvgIpc) is 2.61. The van der Waals surface area contributed by atoms with Crippen LogP contribution in [-0.4, -0.2) is 39.3 Å². The summed E-state index contributed by atoms with van der Waals surface area (Å²) in [5, 5.41) is 9.31. The SMILES string of the molecule is CN(OC(=O)N1C2(C)CCCC1(C)CC2)c1ccc(Cl)nn1. The number of rotatable bonds is 2. The van der Waals surface area contributed by atoms with Crippen LogP contribution in [0, 0.1) is 0 Å². The summed E-state index contributed by atoms with van der Waals surface area (Å²) in [5.41, 5.74) is -0.201.